The monoisotopic (exact) mass is 405 g/mol. The van der Waals surface area contributed by atoms with Crippen LogP contribution in [0.5, 0.6) is 0 Å². The molecule has 1 aliphatic rings. The SMILES string of the molecule is CC(NS(C)(=O)=O)(c1ccc(-c2noc(C(F)(F)F)n2)cc1)C1CCOC1. The number of benzene rings is 1. The van der Waals surface area contributed by atoms with Gasteiger partial charge in [0.2, 0.25) is 15.8 Å². The number of ether oxygens (including phenoxy) is 1. The van der Waals surface area contributed by atoms with Crippen LogP contribution in [0.1, 0.15) is 24.8 Å². The molecule has 2 heterocycles. The Hall–Kier alpha value is -1.98. The summed E-state index contributed by atoms with van der Waals surface area (Å²) in [5.74, 6) is -1.70. The van der Waals surface area contributed by atoms with E-state index in [0.29, 0.717) is 30.8 Å². The summed E-state index contributed by atoms with van der Waals surface area (Å²) in [4.78, 5) is 3.35. The molecule has 2 unspecified atom stereocenters. The first-order valence-corrected chi connectivity index (χ1v) is 9.97. The molecule has 0 bridgehead atoms. The van der Waals surface area contributed by atoms with Gasteiger partial charge in [-0.2, -0.15) is 18.2 Å². The normalized spacial score (nSPS) is 20.6. The Morgan fingerprint density at radius 3 is 2.37 bits per heavy atom. The van der Waals surface area contributed by atoms with Crippen LogP contribution in [0.25, 0.3) is 11.4 Å². The van der Waals surface area contributed by atoms with Crippen molar-refractivity contribution in [3.63, 3.8) is 0 Å². The first-order valence-electron chi connectivity index (χ1n) is 8.07. The summed E-state index contributed by atoms with van der Waals surface area (Å²) in [7, 11) is -3.51. The van der Waals surface area contributed by atoms with Crippen molar-refractivity contribution in [1.29, 1.82) is 0 Å². The molecule has 7 nitrogen and oxygen atoms in total. The zero-order valence-corrected chi connectivity index (χ0v) is 15.4. The first-order chi connectivity index (χ1) is 12.5. The third kappa shape index (κ3) is 4.30. The van der Waals surface area contributed by atoms with Crippen LogP contribution in [0.3, 0.4) is 0 Å². The van der Waals surface area contributed by atoms with Gasteiger partial charge in [-0.1, -0.05) is 29.4 Å². The van der Waals surface area contributed by atoms with Gasteiger partial charge >= 0.3 is 12.1 Å². The Labute approximate surface area is 154 Å². The van der Waals surface area contributed by atoms with Crippen LogP contribution in [0, 0.1) is 5.92 Å². The van der Waals surface area contributed by atoms with Crippen LogP contribution in [0.2, 0.25) is 0 Å². The summed E-state index contributed by atoms with van der Waals surface area (Å²) in [5, 5.41) is 3.34. The second-order valence-electron chi connectivity index (χ2n) is 6.64. The second-order valence-corrected chi connectivity index (χ2v) is 8.38. The highest BCUT2D eigenvalue weighted by molar-refractivity contribution is 7.88. The van der Waals surface area contributed by atoms with Gasteiger partial charge in [-0.15, -0.1) is 0 Å². The second kappa shape index (κ2) is 6.88. The predicted molar refractivity (Wildman–Crippen MR) is 89.0 cm³/mol. The minimum Gasteiger partial charge on any atom is -0.381 e. The van der Waals surface area contributed by atoms with Crippen molar-refractivity contribution in [2.45, 2.75) is 25.1 Å². The number of aromatic nitrogens is 2. The summed E-state index contributed by atoms with van der Waals surface area (Å²) in [6.45, 7) is 2.70. The molecule has 2 atom stereocenters. The molecule has 1 aliphatic heterocycles. The zero-order chi connectivity index (χ0) is 19.9. The molecule has 0 radical (unpaired) electrons. The van der Waals surface area contributed by atoms with Crippen molar-refractivity contribution in [3.05, 3.63) is 35.7 Å². The van der Waals surface area contributed by atoms with Crippen LogP contribution >= 0.6 is 0 Å². The van der Waals surface area contributed by atoms with Gasteiger partial charge in [0.25, 0.3) is 0 Å². The van der Waals surface area contributed by atoms with E-state index in [-0.39, 0.29) is 11.7 Å². The number of nitrogens with one attached hydrogen (secondary N) is 1. The molecule has 2 aromatic rings. The van der Waals surface area contributed by atoms with E-state index in [1.807, 2.05) is 0 Å². The van der Waals surface area contributed by atoms with Gasteiger partial charge in [0.05, 0.1) is 18.4 Å². The lowest BCUT2D eigenvalue weighted by atomic mass is 9.80. The van der Waals surface area contributed by atoms with E-state index in [4.69, 9.17) is 4.74 Å². The van der Waals surface area contributed by atoms with Crippen molar-refractivity contribution in [2.75, 3.05) is 19.5 Å². The van der Waals surface area contributed by atoms with Gasteiger partial charge in [-0.25, -0.2) is 13.1 Å². The van der Waals surface area contributed by atoms with E-state index in [1.54, 1.807) is 19.1 Å². The molecule has 0 amide bonds. The molecule has 1 N–H and O–H groups in total. The highest BCUT2D eigenvalue weighted by Crippen LogP contribution is 2.36. The summed E-state index contributed by atoms with van der Waals surface area (Å²) in [6.07, 6.45) is -2.96. The smallest absolute Gasteiger partial charge is 0.381 e. The number of sulfonamides is 1. The Kier molecular flexibility index (Phi) is 5.04. The average Bonchev–Trinajstić information content (AvgIpc) is 3.25. The first kappa shape index (κ1) is 19.8. The van der Waals surface area contributed by atoms with Crippen molar-refractivity contribution in [2.24, 2.45) is 5.92 Å². The maximum absolute atomic E-state index is 12.6. The van der Waals surface area contributed by atoms with Gasteiger partial charge in [0, 0.05) is 18.1 Å². The molecule has 1 aromatic carbocycles. The molecular formula is C16H18F3N3O4S. The summed E-state index contributed by atoms with van der Waals surface area (Å²) >= 11 is 0. The van der Waals surface area contributed by atoms with Crippen molar-refractivity contribution >= 4 is 10.0 Å². The van der Waals surface area contributed by atoms with Crippen molar-refractivity contribution in [3.8, 4) is 11.4 Å². The van der Waals surface area contributed by atoms with Gasteiger partial charge in [0.1, 0.15) is 0 Å². The predicted octanol–water partition coefficient (Wildman–Crippen LogP) is 2.56. The van der Waals surface area contributed by atoms with Crippen LogP contribution in [0.15, 0.2) is 28.8 Å². The Morgan fingerprint density at radius 2 is 1.89 bits per heavy atom. The maximum Gasteiger partial charge on any atom is 0.471 e. The molecule has 11 heteroatoms. The molecule has 1 fully saturated rings. The Bertz CT molecular complexity index is 906. The molecule has 1 aromatic heterocycles. The molecular weight excluding hydrogens is 387 g/mol. The van der Waals surface area contributed by atoms with E-state index in [9.17, 15) is 21.6 Å². The van der Waals surface area contributed by atoms with Crippen LogP contribution in [-0.4, -0.2) is 38.0 Å². The largest absolute Gasteiger partial charge is 0.471 e. The van der Waals surface area contributed by atoms with Gasteiger partial charge in [-0.3, -0.25) is 0 Å². The number of alkyl halides is 3. The fraction of sp³-hybridized carbons (Fsp3) is 0.500. The molecule has 0 aliphatic carbocycles. The molecule has 1 saturated heterocycles. The van der Waals surface area contributed by atoms with Crippen LogP contribution in [0.4, 0.5) is 13.2 Å². The molecule has 148 valence electrons. The lowest BCUT2D eigenvalue weighted by molar-refractivity contribution is -0.159. The van der Waals surface area contributed by atoms with Crippen molar-refractivity contribution in [1.82, 2.24) is 14.9 Å². The number of hydrogen-bond acceptors (Lipinski definition) is 6. The van der Waals surface area contributed by atoms with E-state index in [1.165, 1.54) is 12.1 Å². The van der Waals surface area contributed by atoms with Gasteiger partial charge < -0.3 is 9.26 Å². The highest BCUT2D eigenvalue weighted by Gasteiger charge is 2.41. The zero-order valence-electron chi connectivity index (χ0n) is 14.6. The van der Waals surface area contributed by atoms with E-state index in [2.05, 4.69) is 19.4 Å². The lowest BCUT2D eigenvalue weighted by Crippen LogP contribution is -2.48. The molecule has 0 saturated carbocycles. The summed E-state index contributed by atoms with van der Waals surface area (Å²) < 4.78 is 73.8. The topological polar surface area (TPSA) is 94.3 Å². The lowest BCUT2D eigenvalue weighted by Gasteiger charge is -2.35. The maximum atomic E-state index is 12.6. The number of rotatable bonds is 5. The Morgan fingerprint density at radius 1 is 1.22 bits per heavy atom. The summed E-state index contributed by atoms with van der Waals surface area (Å²) in [6, 6.07) is 6.32. The third-order valence-electron chi connectivity index (χ3n) is 4.55. The van der Waals surface area contributed by atoms with Gasteiger partial charge in [0.15, 0.2) is 0 Å². The van der Waals surface area contributed by atoms with Crippen molar-refractivity contribution < 1.29 is 30.8 Å². The van der Waals surface area contributed by atoms with Crippen LogP contribution < -0.4 is 4.72 Å². The number of halogens is 3. The molecule has 3 rings (SSSR count). The fourth-order valence-corrected chi connectivity index (χ4v) is 4.23. The quantitative estimate of drug-likeness (QED) is 0.822. The molecule has 0 spiro atoms. The minimum atomic E-state index is -4.72. The fourth-order valence-electron chi connectivity index (χ4n) is 3.17. The standard InChI is InChI=1S/C16H18F3N3O4S/c1-15(22-27(2,23)24,12-7-8-25-9-12)11-5-3-10(4-6-11)13-20-14(26-21-13)16(17,18)19/h3-6,12,22H,7-9H2,1-2H3. The minimum absolute atomic E-state index is 0.0833. The van der Waals surface area contributed by atoms with E-state index < -0.39 is 27.6 Å². The highest BCUT2D eigenvalue weighted by atomic mass is 32.2. The van der Waals surface area contributed by atoms with Gasteiger partial charge in [-0.05, 0) is 18.9 Å². The van der Waals surface area contributed by atoms with E-state index in [0.717, 1.165) is 6.26 Å². The van der Waals surface area contributed by atoms with E-state index >= 15 is 0 Å². The van der Waals surface area contributed by atoms with Crippen LogP contribution in [-0.2, 0) is 26.5 Å². The average molecular weight is 405 g/mol. The summed E-state index contributed by atoms with van der Waals surface area (Å²) in [5.41, 5.74) is 0.0610. The molecule has 27 heavy (non-hydrogen) atoms. The third-order valence-corrected chi connectivity index (χ3v) is 5.35. The number of nitrogens with zero attached hydrogens (tertiary/aromatic N) is 2. The number of hydrogen-bond donors (Lipinski definition) is 1. The Balaban J connectivity index is 1.92.